The van der Waals surface area contributed by atoms with Gasteiger partial charge in [0.05, 0.1) is 30.2 Å². The van der Waals surface area contributed by atoms with Crippen LogP contribution in [0.4, 0.5) is 30.7 Å². The highest BCUT2D eigenvalue weighted by molar-refractivity contribution is 5.92. The molecule has 0 spiro atoms. The van der Waals surface area contributed by atoms with Crippen molar-refractivity contribution in [2.24, 2.45) is 0 Å². The van der Waals surface area contributed by atoms with Gasteiger partial charge in [0, 0.05) is 6.54 Å². The Bertz CT molecular complexity index is 1210. The van der Waals surface area contributed by atoms with Gasteiger partial charge in [-0.2, -0.15) is 31.4 Å². The van der Waals surface area contributed by atoms with Gasteiger partial charge in [0.2, 0.25) is 0 Å². The van der Waals surface area contributed by atoms with Crippen LogP contribution in [0.3, 0.4) is 0 Å². The van der Waals surface area contributed by atoms with Gasteiger partial charge in [0.25, 0.3) is 5.91 Å². The molecule has 33 heavy (non-hydrogen) atoms. The zero-order valence-electron chi connectivity index (χ0n) is 16.2. The van der Waals surface area contributed by atoms with Gasteiger partial charge in [-0.1, -0.05) is 0 Å². The van der Waals surface area contributed by atoms with Crippen molar-refractivity contribution in [2.45, 2.75) is 37.8 Å². The lowest BCUT2D eigenvalue weighted by molar-refractivity contribution is -0.142. The van der Waals surface area contributed by atoms with Crippen molar-refractivity contribution in [3.05, 3.63) is 53.4 Å². The van der Waals surface area contributed by atoms with Crippen LogP contribution in [0.1, 0.15) is 46.6 Å². The van der Waals surface area contributed by atoms with E-state index in [2.05, 4.69) is 30.4 Å². The first kappa shape index (κ1) is 22.5. The van der Waals surface area contributed by atoms with Crippen LogP contribution in [0.15, 0.2) is 24.7 Å². The molecule has 0 radical (unpaired) electrons. The summed E-state index contributed by atoms with van der Waals surface area (Å²) in [6, 6.07) is -0.376. The summed E-state index contributed by atoms with van der Waals surface area (Å²) in [6.45, 7) is 0.289. The fraction of sp³-hybridized carbons (Fsp3) is 0.333. The van der Waals surface area contributed by atoms with Gasteiger partial charge in [-0.3, -0.25) is 9.78 Å². The Morgan fingerprint density at radius 2 is 1.76 bits per heavy atom. The number of aryl methyl sites for hydroxylation is 1. The number of fused-ring (bicyclic) bond motifs is 1. The Morgan fingerprint density at radius 1 is 1.03 bits per heavy atom. The number of carbonyl (C=O) groups is 1. The number of pyridine rings is 1. The number of halogens is 7. The minimum Gasteiger partial charge on any atom is -0.341 e. The molecule has 0 aromatic carbocycles. The van der Waals surface area contributed by atoms with Crippen LogP contribution in [0.5, 0.6) is 0 Å². The Morgan fingerprint density at radius 3 is 2.45 bits per heavy atom. The Kier molecular flexibility index (Phi) is 5.49. The zero-order chi connectivity index (χ0) is 24.0. The van der Waals surface area contributed by atoms with Crippen LogP contribution < -0.4 is 5.32 Å². The van der Waals surface area contributed by atoms with E-state index in [-0.39, 0.29) is 18.2 Å². The summed E-state index contributed by atoms with van der Waals surface area (Å²) in [5.41, 5.74) is -3.80. The van der Waals surface area contributed by atoms with Crippen LogP contribution >= 0.6 is 0 Å². The van der Waals surface area contributed by atoms with Gasteiger partial charge in [-0.05, 0) is 18.9 Å². The Balaban J connectivity index is 1.62. The summed E-state index contributed by atoms with van der Waals surface area (Å²) in [7, 11) is 0. The van der Waals surface area contributed by atoms with Gasteiger partial charge in [0.15, 0.2) is 17.3 Å². The highest BCUT2D eigenvalue weighted by Crippen LogP contribution is 2.32. The molecule has 4 heterocycles. The fourth-order valence-electron chi connectivity index (χ4n) is 3.21. The molecular formula is C18H12F7N7O. The number of rotatable bonds is 3. The number of hydrogen-bond acceptors (Lipinski definition) is 6. The highest BCUT2D eigenvalue weighted by Gasteiger charge is 2.35. The summed E-state index contributed by atoms with van der Waals surface area (Å²) in [5.74, 6) is -2.29. The van der Waals surface area contributed by atoms with Crippen LogP contribution in [0.2, 0.25) is 0 Å². The van der Waals surface area contributed by atoms with E-state index in [0.717, 1.165) is 6.20 Å². The zero-order valence-corrected chi connectivity index (χ0v) is 16.2. The largest absolute Gasteiger partial charge is 0.434 e. The molecular weight excluding hydrogens is 463 g/mol. The summed E-state index contributed by atoms with van der Waals surface area (Å²) >= 11 is 0. The lowest BCUT2D eigenvalue weighted by atomic mass is 10.1. The van der Waals surface area contributed by atoms with Crippen molar-refractivity contribution < 1.29 is 35.5 Å². The minimum absolute atomic E-state index is 0.106. The lowest BCUT2D eigenvalue weighted by Crippen LogP contribution is -2.34. The highest BCUT2D eigenvalue weighted by atomic mass is 19.4. The smallest absolute Gasteiger partial charge is 0.341 e. The summed E-state index contributed by atoms with van der Waals surface area (Å²) in [4.78, 5) is 26.2. The van der Waals surface area contributed by atoms with Crippen molar-refractivity contribution >= 4 is 5.91 Å². The quantitative estimate of drug-likeness (QED) is 0.582. The number of nitrogens with zero attached hydrogens (tertiary/aromatic N) is 6. The lowest BCUT2D eigenvalue weighted by Gasteiger charge is -2.22. The van der Waals surface area contributed by atoms with E-state index in [1.807, 2.05) is 0 Å². The summed E-state index contributed by atoms with van der Waals surface area (Å²) < 4.78 is 92.8. The molecule has 8 nitrogen and oxygen atoms in total. The van der Waals surface area contributed by atoms with Crippen LogP contribution in [0, 0.1) is 5.82 Å². The second kappa shape index (κ2) is 8.04. The molecule has 3 aromatic rings. The number of hydrogen-bond donors (Lipinski definition) is 1. The number of aromatic nitrogens is 6. The number of carbonyl (C=O) groups excluding carboxylic acids is 1. The first-order chi connectivity index (χ1) is 15.4. The topological polar surface area (TPSA) is 98.5 Å². The van der Waals surface area contributed by atoms with Gasteiger partial charge < -0.3 is 5.32 Å². The number of nitrogens with one attached hydrogen (secondary N) is 1. The van der Waals surface area contributed by atoms with E-state index in [1.54, 1.807) is 0 Å². The van der Waals surface area contributed by atoms with Gasteiger partial charge >= 0.3 is 12.4 Å². The van der Waals surface area contributed by atoms with E-state index in [4.69, 9.17) is 0 Å². The van der Waals surface area contributed by atoms with E-state index in [1.165, 1.54) is 4.68 Å². The predicted molar refractivity (Wildman–Crippen MR) is 94.7 cm³/mol. The van der Waals surface area contributed by atoms with Crippen molar-refractivity contribution in [2.75, 3.05) is 0 Å². The van der Waals surface area contributed by atoms with Crippen molar-refractivity contribution in [1.29, 1.82) is 0 Å². The standard InChI is InChI=1S/C18H12F7N7O/c19-9-5-27-12(17(20,21)22)4-8(9)14-30-15-10(2-1-3-32(15)31-14)29-16(33)11-6-26-7-13(28-11)18(23,24)25/h4-7,10H,1-3H2,(H,29,33)/t10-/m0/s1. The van der Waals surface area contributed by atoms with E-state index in [0.29, 0.717) is 31.3 Å². The van der Waals surface area contributed by atoms with Crippen molar-refractivity contribution in [3.8, 4) is 11.4 Å². The van der Waals surface area contributed by atoms with Crippen molar-refractivity contribution in [1.82, 2.24) is 35.0 Å². The number of alkyl halides is 6. The van der Waals surface area contributed by atoms with Gasteiger partial charge in [-0.25, -0.2) is 24.0 Å². The predicted octanol–water partition coefficient (Wildman–Crippen LogP) is 3.57. The third-order valence-corrected chi connectivity index (χ3v) is 4.72. The third kappa shape index (κ3) is 4.61. The molecule has 0 saturated carbocycles. The second-order valence-corrected chi connectivity index (χ2v) is 7.02. The first-order valence-corrected chi connectivity index (χ1v) is 9.31. The van der Waals surface area contributed by atoms with Crippen LogP contribution in [0.25, 0.3) is 11.4 Å². The molecule has 0 unspecified atom stereocenters. The maximum atomic E-state index is 14.2. The molecule has 4 rings (SSSR count). The SMILES string of the molecule is O=C(N[C@H]1CCCn2nc(-c3cc(C(F)(F)F)ncc3F)nc21)c1cncc(C(F)(F)F)n1. The van der Waals surface area contributed by atoms with E-state index < -0.39 is 52.8 Å². The Hall–Kier alpha value is -3.65. The van der Waals surface area contributed by atoms with Crippen LogP contribution in [-0.2, 0) is 18.9 Å². The molecule has 0 fully saturated rings. The molecule has 15 heteroatoms. The van der Waals surface area contributed by atoms with Crippen LogP contribution in [-0.4, -0.2) is 35.6 Å². The molecule has 0 saturated heterocycles. The van der Waals surface area contributed by atoms with Gasteiger partial charge in [0.1, 0.15) is 17.2 Å². The maximum absolute atomic E-state index is 14.2. The third-order valence-electron chi connectivity index (χ3n) is 4.72. The molecule has 1 amide bonds. The molecule has 0 aliphatic carbocycles. The first-order valence-electron chi connectivity index (χ1n) is 9.31. The number of amides is 1. The van der Waals surface area contributed by atoms with Gasteiger partial charge in [-0.15, -0.1) is 0 Å². The average molecular weight is 475 g/mol. The van der Waals surface area contributed by atoms with E-state index in [9.17, 15) is 35.5 Å². The summed E-state index contributed by atoms with van der Waals surface area (Å²) in [5, 5.41) is 6.49. The second-order valence-electron chi connectivity index (χ2n) is 7.02. The monoisotopic (exact) mass is 475 g/mol. The molecule has 1 atom stereocenters. The average Bonchev–Trinajstić information content (AvgIpc) is 3.18. The Labute approximate surface area is 179 Å². The fourth-order valence-corrected chi connectivity index (χ4v) is 3.21. The molecule has 1 aliphatic rings. The summed E-state index contributed by atoms with van der Waals surface area (Å²) in [6.07, 6.45) is -7.11. The molecule has 174 valence electrons. The van der Waals surface area contributed by atoms with E-state index >= 15 is 0 Å². The molecule has 0 bridgehead atoms. The molecule has 3 aromatic heterocycles. The maximum Gasteiger partial charge on any atom is 0.434 e. The minimum atomic E-state index is -4.82. The normalized spacial score (nSPS) is 16.4. The molecule has 1 N–H and O–H groups in total. The van der Waals surface area contributed by atoms with Crippen molar-refractivity contribution in [3.63, 3.8) is 0 Å². The molecule has 1 aliphatic heterocycles.